The van der Waals surface area contributed by atoms with Gasteiger partial charge in [0.2, 0.25) is 17.6 Å². The average molecular weight is 389 g/mol. The maximum atomic E-state index is 12.6. The van der Waals surface area contributed by atoms with Gasteiger partial charge >= 0.3 is 0 Å². The van der Waals surface area contributed by atoms with Crippen molar-refractivity contribution in [3.63, 3.8) is 0 Å². The molecule has 0 saturated carbocycles. The highest BCUT2D eigenvalue weighted by Crippen LogP contribution is 2.31. The van der Waals surface area contributed by atoms with E-state index >= 15 is 0 Å². The maximum Gasteiger partial charge on any atom is 0.228 e. The van der Waals surface area contributed by atoms with E-state index in [1.165, 1.54) is 0 Å². The van der Waals surface area contributed by atoms with Crippen molar-refractivity contribution >= 4 is 5.91 Å². The van der Waals surface area contributed by atoms with Crippen LogP contribution in [0.2, 0.25) is 0 Å². The van der Waals surface area contributed by atoms with Crippen molar-refractivity contribution in [3.8, 4) is 22.9 Å². The Morgan fingerprint density at radius 3 is 2.43 bits per heavy atom. The number of ether oxygens (including phenoxy) is 2. The summed E-state index contributed by atoms with van der Waals surface area (Å²) in [6.45, 7) is 10.8. The number of hydrogen-bond donors (Lipinski definition) is 0. The molecule has 0 unspecified atom stereocenters. The second kappa shape index (κ2) is 9.08. The summed E-state index contributed by atoms with van der Waals surface area (Å²) in [5.74, 6) is 2.36. The number of benzene rings is 1. The van der Waals surface area contributed by atoms with Crippen molar-refractivity contribution < 1.29 is 18.8 Å². The van der Waals surface area contributed by atoms with Gasteiger partial charge in [0, 0.05) is 31.0 Å². The zero-order chi connectivity index (χ0) is 20.9. The lowest BCUT2D eigenvalue weighted by molar-refractivity contribution is -0.134. The minimum absolute atomic E-state index is 0.0463. The molecule has 0 atom stereocenters. The summed E-state index contributed by atoms with van der Waals surface area (Å²) >= 11 is 0. The van der Waals surface area contributed by atoms with Gasteiger partial charge in [-0.3, -0.25) is 4.79 Å². The summed E-state index contributed by atoms with van der Waals surface area (Å²) in [4.78, 5) is 18.9. The quantitative estimate of drug-likeness (QED) is 0.680. The van der Waals surface area contributed by atoms with Crippen LogP contribution in [0.4, 0.5) is 0 Å². The molecule has 0 N–H and O–H groups in total. The van der Waals surface area contributed by atoms with Crippen molar-refractivity contribution in [2.45, 2.75) is 53.5 Å². The molecule has 1 aromatic carbocycles. The highest BCUT2D eigenvalue weighted by atomic mass is 16.5. The standard InChI is InChI=1S/C21H31N3O4/c1-14(2)24(19(25)13-21(3,4)5)11-10-18-22-20(23-28-18)15-8-9-16(26-6)17(12-15)27-7/h8-9,12,14H,10-11,13H2,1-7H3. The zero-order valence-corrected chi connectivity index (χ0v) is 17.9. The highest BCUT2D eigenvalue weighted by molar-refractivity contribution is 5.77. The van der Waals surface area contributed by atoms with E-state index in [-0.39, 0.29) is 17.4 Å². The van der Waals surface area contributed by atoms with Crippen molar-refractivity contribution in [2.75, 3.05) is 20.8 Å². The van der Waals surface area contributed by atoms with Crippen LogP contribution in [0, 0.1) is 5.41 Å². The molecule has 0 bridgehead atoms. The van der Waals surface area contributed by atoms with E-state index in [2.05, 4.69) is 30.9 Å². The van der Waals surface area contributed by atoms with E-state index in [0.29, 0.717) is 42.6 Å². The minimum Gasteiger partial charge on any atom is -0.493 e. The molecule has 1 aromatic heterocycles. The molecule has 2 aromatic rings. The predicted octanol–water partition coefficient (Wildman–Crippen LogP) is 3.97. The second-order valence-electron chi connectivity index (χ2n) is 8.25. The normalized spacial score (nSPS) is 11.6. The van der Waals surface area contributed by atoms with Crippen LogP contribution in [0.15, 0.2) is 22.7 Å². The Morgan fingerprint density at radius 1 is 1.18 bits per heavy atom. The fraction of sp³-hybridized carbons (Fsp3) is 0.571. The molecule has 1 amide bonds. The van der Waals surface area contributed by atoms with Crippen molar-refractivity contribution in [1.82, 2.24) is 15.0 Å². The Bertz CT molecular complexity index is 793. The number of hydrogen-bond acceptors (Lipinski definition) is 6. The number of methoxy groups -OCH3 is 2. The molecule has 154 valence electrons. The van der Waals surface area contributed by atoms with Crippen LogP contribution in [0.3, 0.4) is 0 Å². The first-order chi connectivity index (χ1) is 13.1. The Balaban J connectivity index is 2.08. The molecule has 0 saturated heterocycles. The highest BCUT2D eigenvalue weighted by Gasteiger charge is 2.23. The van der Waals surface area contributed by atoms with E-state index in [4.69, 9.17) is 14.0 Å². The summed E-state index contributed by atoms with van der Waals surface area (Å²) in [6.07, 6.45) is 1.01. The molecule has 7 heteroatoms. The van der Waals surface area contributed by atoms with Gasteiger partial charge in [-0.2, -0.15) is 4.98 Å². The Morgan fingerprint density at radius 2 is 1.86 bits per heavy atom. The van der Waals surface area contributed by atoms with E-state index < -0.39 is 0 Å². The fourth-order valence-corrected chi connectivity index (χ4v) is 2.89. The summed E-state index contributed by atoms with van der Waals surface area (Å²) < 4.78 is 16.0. The van der Waals surface area contributed by atoms with Gasteiger partial charge in [-0.05, 0) is 37.5 Å². The molecule has 0 aliphatic carbocycles. The van der Waals surface area contributed by atoms with E-state index in [1.54, 1.807) is 26.4 Å². The molecule has 0 aliphatic heterocycles. The van der Waals surface area contributed by atoms with Crippen LogP contribution < -0.4 is 9.47 Å². The monoisotopic (exact) mass is 389 g/mol. The molecule has 0 spiro atoms. The van der Waals surface area contributed by atoms with Gasteiger partial charge in [0.1, 0.15) is 0 Å². The molecule has 7 nitrogen and oxygen atoms in total. The lowest BCUT2D eigenvalue weighted by Gasteiger charge is -2.29. The third-order valence-corrected chi connectivity index (χ3v) is 4.30. The van der Waals surface area contributed by atoms with Crippen LogP contribution in [0.1, 0.15) is 46.9 Å². The van der Waals surface area contributed by atoms with Crippen molar-refractivity contribution in [3.05, 3.63) is 24.1 Å². The average Bonchev–Trinajstić information content (AvgIpc) is 3.08. The van der Waals surface area contributed by atoms with Crippen LogP contribution in [-0.2, 0) is 11.2 Å². The zero-order valence-electron chi connectivity index (χ0n) is 17.9. The smallest absolute Gasteiger partial charge is 0.228 e. The maximum absolute atomic E-state index is 12.6. The predicted molar refractivity (Wildman–Crippen MR) is 107 cm³/mol. The van der Waals surface area contributed by atoms with E-state index in [1.807, 2.05) is 24.8 Å². The SMILES string of the molecule is COc1ccc(-c2noc(CCN(C(=O)CC(C)(C)C)C(C)C)n2)cc1OC. The molecule has 2 rings (SSSR count). The van der Waals surface area contributed by atoms with E-state index in [9.17, 15) is 4.79 Å². The lowest BCUT2D eigenvalue weighted by atomic mass is 9.91. The summed E-state index contributed by atoms with van der Waals surface area (Å²) in [7, 11) is 3.17. The number of aromatic nitrogens is 2. The van der Waals surface area contributed by atoms with Gasteiger partial charge in [-0.25, -0.2) is 0 Å². The molecular weight excluding hydrogens is 358 g/mol. The first-order valence-electron chi connectivity index (χ1n) is 9.49. The number of amides is 1. The third-order valence-electron chi connectivity index (χ3n) is 4.30. The minimum atomic E-state index is -0.0463. The molecule has 0 radical (unpaired) electrons. The molecule has 0 fully saturated rings. The summed E-state index contributed by atoms with van der Waals surface area (Å²) in [5, 5.41) is 4.06. The Kier molecular flexibility index (Phi) is 7.05. The molecule has 0 aliphatic rings. The largest absolute Gasteiger partial charge is 0.493 e. The topological polar surface area (TPSA) is 77.7 Å². The van der Waals surface area contributed by atoms with Crippen LogP contribution >= 0.6 is 0 Å². The summed E-state index contributed by atoms with van der Waals surface area (Å²) in [5.41, 5.74) is 0.729. The molecular formula is C21H31N3O4. The summed E-state index contributed by atoms with van der Waals surface area (Å²) in [6, 6.07) is 5.57. The van der Waals surface area contributed by atoms with Gasteiger partial charge < -0.3 is 18.9 Å². The van der Waals surface area contributed by atoms with Gasteiger partial charge in [0.05, 0.1) is 14.2 Å². The number of nitrogens with zero attached hydrogens (tertiary/aromatic N) is 3. The van der Waals surface area contributed by atoms with Crippen LogP contribution in [0.5, 0.6) is 11.5 Å². The fourth-order valence-electron chi connectivity index (χ4n) is 2.89. The number of rotatable bonds is 8. The first kappa shape index (κ1) is 21.7. The third kappa shape index (κ3) is 5.71. The van der Waals surface area contributed by atoms with Gasteiger partial charge in [-0.15, -0.1) is 0 Å². The number of carbonyl (C=O) groups is 1. The lowest BCUT2D eigenvalue weighted by Crippen LogP contribution is -2.40. The number of carbonyl (C=O) groups excluding carboxylic acids is 1. The van der Waals surface area contributed by atoms with Crippen molar-refractivity contribution in [1.29, 1.82) is 0 Å². The Hall–Kier alpha value is -2.57. The van der Waals surface area contributed by atoms with Gasteiger partial charge in [-0.1, -0.05) is 25.9 Å². The van der Waals surface area contributed by atoms with Gasteiger partial charge in [0.25, 0.3) is 0 Å². The van der Waals surface area contributed by atoms with Crippen LogP contribution in [-0.4, -0.2) is 47.8 Å². The Labute approximate surface area is 167 Å². The molecule has 1 heterocycles. The first-order valence-corrected chi connectivity index (χ1v) is 9.49. The second-order valence-corrected chi connectivity index (χ2v) is 8.25. The van der Waals surface area contributed by atoms with Crippen LogP contribution in [0.25, 0.3) is 11.4 Å². The van der Waals surface area contributed by atoms with Crippen molar-refractivity contribution in [2.24, 2.45) is 5.41 Å². The van der Waals surface area contributed by atoms with E-state index in [0.717, 1.165) is 5.56 Å². The van der Waals surface area contributed by atoms with Gasteiger partial charge in [0.15, 0.2) is 11.5 Å². The molecule has 28 heavy (non-hydrogen) atoms.